The molecule has 0 aliphatic carbocycles. The average molecular weight is 520 g/mol. The van der Waals surface area contributed by atoms with Crippen molar-refractivity contribution < 1.29 is 50.5 Å². The van der Waals surface area contributed by atoms with Crippen LogP contribution in [-0.2, 0) is 4.79 Å². The third kappa shape index (κ3) is 9.49. The van der Waals surface area contributed by atoms with Crippen LogP contribution in [0.5, 0.6) is 11.5 Å². The number of aliphatic hydroxyl groups excluding tert-OH is 1. The Hall–Kier alpha value is -3.74. The first kappa shape index (κ1) is 28.5. The summed E-state index contributed by atoms with van der Waals surface area (Å²) in [4.78, 5) is 24.8. The number of nitrogens with one attached hydrogen (secondary N) is 1. The first-order valence-electron chi connectivity index (χ1n) is 10.4. The third-order valence-electron chi connectivity index (χ3n) is 4.49. The maximum absolute atomic E-state index is 12.8. The van der Waals surface area contributed by atoms with E-state index < -0.39 is 43.1 Å². The van der Waals surface area contributed by atoms with E-state index in [2.05, 4.69) is 10.1 Å². The lowest BCUT2D eigenvalue weighted by Gasteiger charge is -2.15. The second-order valence-electron chi connectivity index (χ2n) is 7.29. The van der Waals surface area contributed by atoms with Gasteiger partial charge in [-0.1, -0.05) is 12.1 Å². The lowest BCUT2D eigenvalue weighted by Crippen LogP contribution is -2.28. The molecule has 4 N–H and O–H groups in total. The van der Waals surface area contributed by atoms with Crippen molar-refractivity contribution in [1.82, 2.24) is 5.32 Å². The number of primary amides is 1. The highest BCUT2D eigenvalue weighted by molar-refractivity contribution is 6.26. The van der Waals surface area contributed by atoms with Crippen LogP contribution in [0.2, 0.25) is 0 Å². The second-order valence-corrected chi connectivity index (χ2v) is 7.29. The summed E-state index contributed by atoms with van der Waals surface area (Å²) < 4.78 is 83.4. The maximum atomic E-state index is 12.8. The van der Waals surface area contributed by atoms with E-state index in [0.717, 1.165) is 12.1 Å². The van der Waals surface area contributed by atoms with Crippen molar-refractivity contribution >= 4 is 23.5 Å². The Morgan fingerprint density at radius 3 is 2.17 bits per heavy atom. The van der Waals surface area contributed by atoms with Gasteiger partial charge in [0.05, 0.1) is 13.2 Å². The standard InChI is InChI=1S/C23H22F6N2O5/c24-22(25,26)8-1-11-35-16-6-7-17(20(30)33)18(13-16)19(21(34)31-9-10-32)12-14-2-4-15(5-3-14)36-23(27,28)29/h2-7,12-13,32H,1,8-11H2,(H2,30,33)(H,31,34)/b19-12-. The SMILES string of the molecule is NC(=O)c1ccc(OCCCC(F)(F)F)cc1/C(=C/c1ccc(OC(F)(F)F)cc1)C(=O)NCCO. The smallest absolute Gasteiger partial charge is 0.494 e. The molecule has 0 aromatic heterocycles. The molecule has 2 aromatic rings. The zero-order chi connectivity index (χ0) is 26.9. The summed E-state index contributed by atoms with van der Waals surface area (Å²) in [7, 11) is 0. The van der Waals surface area contributed by atoms with Crippen LogP contribution in [0.25, 0.3) is 11.6 Å². The molecule has 0 unspecified atom stereocenters. The van der Waals surface area contributed by atoms with Crippen LogP contribution in [0.15, 0.2) is 42.5 Å². The van der Waals surface area contributed by atoms with Gasteiger partial charge in [0.25, 0.3) is 5.91 Å². The Balaban J connectivity index is 2.44. The molecular weight excluding hydrogens is 498 g/mol. The summed E-state index contributed by atoms with van der Waals surface area (Å²) in [5, 5.41) is 11.4. The monoisotopic (exact) mass is 520 g/mol. The van der Waals surface area contributed by atoms with Crippen molar-refractivity contribution in [2.45, 2.75) is 25.4 Å². The third-order valence-corrected chi connectivity index (χ3v) is 4.49. The highest BCUT2D eigenvalue weighted by atomic mass is 19.4. The maximum Gasteiger partial charge on any atom is 0.573 e. The summed E-state index contributed by atoms with van der Waals surface area (Å²) in [5.41, 5.74) is 5.33. The minimum absolute atomic E-state index is 0.0399. The van der Waals surface area contributed by atoms with Crippen LogP contribution < -0.4 is 20.5 Å². The van der Waals surface area contributed by atoms with E-state index in [1.165, 1.54) is 36.4 Å². The summed E-state index contributed by atoms with van der Waals surface area (Å²) in [6.07, 6.45) is -9.40. The van der Waals surface area contributed by atoms with Crippen molar-refractivity contribution in [3.05, 3.63) is 59.2 Å². The molecular formula is C23H22F6N2O5. The van der Waals surface area contributed by atoms with E-state index in [1.54, 1.807) is 0 Å². The average Bonchev–Trinajstić information content (AvgIpc) is 2.78. The van der Waals surface area contributed by atoms with E-state index in [9.17, 15) is 35.9 Å². The van der Waals surface area contributed by atoms with E-state index in [-0.39, 0.29) is 47.6 Å². The summed E-state index contributed by atoms with van der Waals surface area (Å²) in [6.45, 7) is -0.868. The molecule has 0 saturated heterocycles. The molecule has 196 valence electrons. The highest BCUT2D eigenvalue weighted by Crippen LogP contribution is 2.29. The topological polar surface area (TPSA) is 111 Å². The molecule has 2 aromatic carbocycles. The van der Waals surface area contributed by atoms with Crippen LogP contribution in [0.1, 0.15) is 34.3 Å². The lowest BCUT2D eigenvalue weighted by atomic mass is 9.96. The van der Waals surface area contributed by atoms with Crippen LogP contribution in [0.3, 0.4) is 0 Å². The molecule has 2 amide bonds. The molecule has 2 rings (SSSR count). The second kappa shape index (κ2) is 12.3. The molecule has 0 bridgehead atoms. The van der Waals surface area contributed by atoms with E-state index in [1.807, 2.05) is 0 Å². The van der Waals surface area contributed by atoms with Gasteiger partial charge in [0.15, 0.2) is 0 Å². The lowest BCUT2D eigenvalue weighted by molar-refractivity contribution is -0.274. The van der Waals surface area contributed by atoms with Gasteiger partial charge < -0.3 is 25.6 Å². The van der Waals surface area contributed by atoms with Crippen LogP contribution in [-0.4, -0.2) is 49.2 Å². The largest absolute Gasteiger partial charge is 0.573 e. The zero-order valence-corrected chi connectivity index (χ0v) is 18.6. The normalized spacial score (nSPS) is 12.2. The summed E-state index contributed by atoms with van der Waals surface area (Å²) in [6, 6.07) is 8.23. The van der Waals surface area contributed by atoms with Crippen LogP contribution >= 0.6 is 0 Å². The fourth-order valence-electron chi connectivity index (χ4n) is 2.98. The van der Waals surface area contributed by atoms with Crippen LogP contribution in [0, 0.1) is 0 Å². The number of carbonyl (C=O) groups excluding carboxylic acids is 2. The van der Waals surface area contributed by atoms with Crippen molar-refractivity contribution in [3.63, 3.8) is 0 Å². The number of halogens is 6. The Labute approximate surface area is 201 Å². The Kier molecular flexibility index (Phi) is 9.73. The fourth-order valence-corrected chi connectivity index (χ4v) is 2.98. The van der Waals surface area contributed by atoms with E-state index in [0.29, 0.717) is 0 Å². The fraction of sp³-hybridized carbons (Fsp3) is 0.304. The molecule has 0 radical (unpaired) electrons. The molecule has 0 atom stereocenters. The van der Waals surface area contributed by atoms with E-state index in [4.69, 9.17) is 15.6 Å². The number of carbonyl (C=O) groups is 2. The van der Waals surface area contributed by atoms with Gasteiger partial charge in [-0.15, -0.1) is 13.2 Å². The number of hydrogen-bond donors (Lipinski definition) is 3. The van der Waals surface area contributed by atoms with Gasteiger partial charge in [0, 0.05) is 29.7 Å². The van der Waals surface area contributed by atoms with Gasteiger partial charge in [-0.25, -0.2) is 0 Å². The number of nitrogens with two attached hydrogens (primary N) is 1. The molecule has 7 nitrogen and oxygen atoms in total. The Morgan fingerprint density at radius 1 is 0.972 bits per heavy atom. The van der Waals surface area contributed by atoms with Gasteiger partial charge >= 0.3 is 12.5 Å². The molecule has 13 heteroatoms. The quantitative estimate of drug-likeness (QED) is 0.179. The number of aliphatic hydroxyl groups is 1. The van der Waals surface area contributed by atoms with Crippen molar-refractivity contribution in [2.75, 3.05) is 19.8 Å². The predicted molar refractivity (Wildman–Crippen MR) is 117 cm³/mol. The van der Waals surface area contributed by atoms with Gasteiger partial charge in [0.2, 0.25) is 5.91 Å². The minimum atomic E-state index is -4.90. The molecule has 0 spiro atoms. The first-order valence-corrected chi connectivity index (χ1v) is 10.4. The van der Waals surface area contributed by atoms with Gasteiger partial charge in [-0.05, 0) is 48.4 Å². The number of alkyl halides is 6. The molecule has 0 aliphatic heterocycles. The number of hydrogen-bond acceptors (Lipinski definition) is 5. The first-order chi connectivity index (χ1) is 16.8. The molecule has 0 heterocycles. The summed E-state index contributed by atoms with van der Waals surface area (Å²) in [5.74, 6) is -2.15. The van der Waals surface area contributed by atoms with Gasteiger partial charge in [0.1, 0.15) is 11.5 Å². The van der Waals surface area contributed by atoms with Gasteiger partial charge in [-0.2, -0.15) is 13.2 Å². The highest BCUT2D eigenvalue weighted by Gasteiger charge is 2.31. The molecule has 0 aliphatic rings. The minimum Gasteiger partial charge on any atom is -0.494 e. The number of benzene rings is 2. The summed E-state index contributed by atoms with van der Waals surface area (Å²) >= 11 is 0. The zero-order valence-electron chi connectivity index (χ0n) is 18.6. The number of amides is 2. The number of ether oxygens (including phenoxy) is 2. The number of rotatable bonds is 11. The predicted octanol–water partition coefficient (Wildman–Crippen LogP) is 4.05. The Bertz CT molecular complexity index is 1080. The molecule has 36 heavy (non-hydrogen) atoms. The molecule has 0 saturated carbocycles. The van der Waals surface area contributed by atoms with Crippen molar-refractivity contribution in [2.24, 2.45) is 5.73 Å². The Morgan fingerprint density at radius 2 is 1.61 bits per heavy atom. The van der Waals surface area contributed by atoms with Gasteiger partial charge in [-0.3, -0.25) is 9.59 Å². The van der Waals surface area contributed by atoms with E-state index >= 15 is 0 Å². The molecule has 0 fully saturated rings. The van der Waals surface area contributed by atoms with Crippen molar-refractivity contribution in [3.8, 4) is 11.5 Å². The van der Waals surface area contributed by atoms with Crippen LogP contribution in [0.4, 0.5) is 26.3 Å². The van der Waals surface area contributed by atoms with Crippen molar-refractivity contribution in [1.29, 1.82) is 0 Å².